The number of aliphatic hydroxyl groups is 1. The molecule has 0 aliphatic carbocycles. The molecule has 0 aliphatic rings. The lowest BCUT2D eigenvalue weighted by molar-refractivity contribution is 0.178. The third-order valence-corrected chi connectivity index (χ3v) is 2.72. The van der Waals surface area contributed by atoms with E-state index in [-0.39, 0.29) is 0 Å². The molecule has 0 saturated heterocycles. The summed E-state index contributed by atoms with van der Waals surface area (Å²) in [6.45, 7) is 0. The minimum Gasteiger partial charge on any atom is -0.388 e. The van der Waals surface area contributed by atoms with Crippen molar-refractivity contribution in [2.45, 2.75) is 12.5 Å². The quantitative estimate of drug-likeness (QED) is 0.897. The van der Waals surface area contributed by atoms with E-state index in [9.17, 15) is 5.11 Å². The van der Waals surface area contributed by atoms with Gasteiger partial charge in [0, 0.05) is 22.7 Å². The maximum Gasteiger partial charge on any atom is 0.0860 e. The summed E-state index contributed by atoms with van der Waals surface area (Å²) in [7, 11) is 0. The van der Waals surface area contributed by atoms with Crippen LogP contribution < -0.4 is 0 Å². The highest BCUT2D eigenvalue weighted by atomic mass is 79.9. The van der Waals surface area contributed by atoms with E-state index in [4.69, 9.17) is 0 Å². The van der Waals surface area contributed by atoms with Gasteiger partial charge in [-0.2, -0.15) is 5.10 Å². The Balaban J connectivity index is 2.09. The molecule has 0 aliphatic heterocycles. The van der Waals surface area contributed by atoms with Crippen LogP contribution in [0.4, 0.5) is 0 Å². The second-order valence-electron chi connectivity index (χ2n) is 3.38. The Morgan fingerprint density at radius 2 is 2.33 bits per heavy atom. The molecule has 1 unspecified atom stereocenters. The van der Waals surface area contributed by atoms with Gasteiger partial charge in [-0.15, -0.1) is 0 Å². The molecule has 2 rings (SSSR count). The molecule has 1 aromatic heterocycles. The SMILES string of the molecule is OC(Cc1cccc(Br)c1)c1cn[nH]c1. The molecule has 3 nitrogen and oxygen atoms in total. The second kappa shape index (κ2) is 4.59. The van der Waals surface area contributed by atoms with E-state index in [2.05, 4.69) is 26.1 Å². The van der Waals surface area contributed by atoms with Crippen LogP contribution in [0, 0.1) is 0 Å². The third kappa shape index (κ3) is 2.67. The number of nitrogens with one attached hydrogen (secondary N) is 1. The van der Waals surface area contributed by atoms with E-state index in [1.807, 2.05) is 24.3 Å². The number of benzene rings is 1. The average Bonchev–Trinajstić information content (AvgIpc) is 2.70. The molecule has 78 valence electrons. The summed E-state index contributed by atoms with van der Waals surface area (Å²) < 4.78 is 1.03. The zero-order valence-corrected chi connectivity index (χ0v) is 9.61. The Labute approximate surface area is 96.3 Å². The first-order valence-electron chi connectivity index (χ1n) is 4.67. The Morgan fingerprint density at radius 3 is 3.00 bits per heavy atom. The molecule has 1 atom stereocenters. The van der Waals surface area contributed by atoms with Crippen molar-refractivity contribution >= 4 is 15.9 Å². The Hall–Kier alpha value is -1.13. The topological polar surface area (TPSA) is 48.9 Å². The van der Waals surface area contributed by atoms with Crippen LogP contribution in [0.3, 0.4) is 0 Å². The van der Waals surface area contributed by atoms with Crippen molar-refractivity contribution in [1.29, 1.82) is 0 Å². The molecule has 4 heteroatoms. The van der Waals surface area contributed by atoms with Crippen molar-refractivity contribution in [1.82, 2.24) is 10.2 Å². The van der Waals surface area contributed by atoms with E-state index < -0.39 is 6.10 Å². The fourth-order valence-corrected chi connectivity index (χ4v) is 1.89. The van der Waals surface area contributed by atoms with Gasteiger partial charge in [0.25, 0.3) is 0 Å². The first kappa shape index (κ1) is 10.4. The number of aromatic amines is 1. The van der Waals surface area contributed by atoms with Gasteiger partial charge in [-0.25, -0.2) is 0 Å². The van der Waals surface area contributed by atoms with Crippen LogP contribution in [0.1, 0.15) is 17.2 Å². The average molecular weight is 267 g/mol. The molecule has 0 radical (unpaired) electrons. The van der Waals surface area contributed by atoms with E-state index in [0.29, 0.717) is 6.42 Å². The molecule has 2 aromatic rings. The molecule has 0 saturated carbocycles. The standard InChI is InChI=1S/C11H11BrN2O/c12-10-3-1-2-8(4-10)5-11(15)9-6-13-14-7-9/h1-4,6-7,11,15H,5H2,(H,13,14). The maximum atomic E-state index is 9.88. The monoisotopic (exact) mass is 266 g/mol. The number of nitrogens with zero attached hydrogens (tertiary/aromatic N) is 1. The predicted octanol–water partition coefficient (Wildman–Crippen LogP) is 2.45. The van der Waals surface area contributed by atoms with Gasteiger partial charge < -0.3 is 5.11 Å². The summed E-state index contributed by atoms with van der Waals surface area (Å²) in [6, 6.07) is 7.92. The van der Waals surface area contributed by atoms with Crippen LogP contribution in [-0.4, -0.2) is 15.3 Å². The van der Waals surface area contributed by atoms with Gasteiger partial charge >= 0.3 is 0 Å². The molecule has 0 spiro atoms. The minimum absolute atomic E-state index is 0.502. The van der Waals surface area contributed by atoms with Crippen molar-refractivity contribution in [3.63, 3.8) is 0 Å². The highest BCUT2D eigenvalue weighted by Crippen LogP contribution is 2.19. The molecule has 0 fully saturated rings. The molecule has 2 N–H and O–H groups in total. The van der Waals surface area contributed by atoms with Crippen molar-refractivity contribution in [3.8, 4) is 0 Å². The summed E-state index contributed by atoms with van der Waals surface area (Å²) in [5.41, 5.74) is 1.91. The van der Waals surface area contributed by atoms with Crippen LogP contribution >= 0.6 is 15.9 Å². The van der Waals surface area contributed by atoms with E-state index in [1.54, 1.807) is 12.4 Å². The zero-order valence-electron chi connectivity index (χ0n) is 8.02. The predicted molar refractivity (Wildman–Crippen MR) is 61.4 cm³/mol. The molecule has 15 heavy (non-hydrogen) atoms. The number of hydrogen-bond acceptors (Lipinski definition) is 2. The van der Waals surface area contributed by atoms with E-state index in [0.717, 1.165) is 15.6 Å². The number of aliphatic hydroxyl groups excluding tert-OH is 1. The smallest absolute Gasteiger partial charge is 0.0860 e. The van der Waals surface area contributed by atoms with E-state index in [1.165, 1.54) is 0 Å². The van der Waals surface area contributed by atoms with Gasteiger partial charge in [0.15, 0.2) is 0 Å². The summed E-state index contributed by atoms with van der Waals surface area (Å²) in [5.74, 6) is 0. The second-order valence-corrected chi connectivity index (χ2v) is 4.30. The lowest BCUT2D eigenvalue weighted by Gasteiger charge is -2.08. The molecule has 1 aromatic carbocycles. The zero-order chi connectivity index (χ0) is 10.7. The van der Waals surface area contributed by atoms with Crippen LogP contribution in [0.25, 0.3) is 0 Å². The highest BCUT2D eigenvalue weighted by Gasteiger charge is 2.09. The normalized spacial score (nSPS) is 12.7. The largest absolute Gasteiger partial charge is 0.388 e. The van der Waals surface area contributed by atoms with Gasteiger partial charge in [-0.3, -0.25) is 5.10 Å². The van der Waals surface area contributed by atoms with Crippen molar-refractivity contribution in [3.05, 3.63) is 52.3 Å². The number of hydrogen-bond donors (Lipinski definition) is 2. The fraction of sp³-hybridized carbons (Fsp3) is 0.182. The van der Waals surface area contributed by atoms with Gasteiger partial charge in [0.05, 0.1) is 12.3 Å². The van der Waals surface area contributed by atoms with Gasteiger partial charge in [-0.1, -0.05) is 28.1 Å². The maximum absolute atomic E-state index is 9.88. The number of rotatable bonds is 3. The number of H-pyrrole nitrogens is 1. The van der Waals surface area contributed by atoms with Crippen LogP contribution in [0.2, 0.25) is 0 Å². The summed E-state index contributed by atoms with van der Waals surface area (Å²) >= 11 is 3.40. The molecular formula is C11H11BrN2O. The summed E-state index contributed by atoms with van der Waals surface area (Å²) in [4.78, 5) is 0. The minimum atomic E-state index is -0.502. The third-order valence-electron chi connectivity index (χ3n) is 2.22. The Morgan fingerprint density at radius 1 is 1.47 bits per heavy atom. The highest BCUT2D eigenvalue weighted by molar-refractivity contribution is 9.10. The fourth-order valence-electron chi connectivity index (χ4n) is 1.45. The lowest BCUT2D eigenvalue weighted by atomic mass is 10.0. The van der Waals surface area contributed by atoms with Crippen molar-refractivity contribution in [2.24, 2.45) is 0 Å². The summed E-state index contributed by atoms with van der Waals surface area (Å²) in [6.07, 6.45) is 3.45. The molecular weight excluding hydrogens is 256 g/mol. The first-order chi connectivity index (χ1) is 7.25. The summed E-state index contributed by atoms with van der Waals surface area (Å²) in [5, 5.41) is 16.4. The van der Waals surface area contributed by atoms with Crippen molar-refractivity contribution in [2.75, 3.05) is 0 Å². The van der Waals surface area contributed by atoms with Crippen LogP contribution in [0.15, 0.2) is 41.1 Å². The Bertz CT molecular complexity index is 428. The van der Waals surface area contributed by atoms with Crippen LogP contribution in [-0.2, 0) is 6.42 Å². The molecule has 1 heterocycles. The molecule has 0 amide bonds. The lowest BCUT2D eigenvalue weighted by Crippen LogP contribution is -2.00. The van der Waals surface area contributed by atoms with Crippen LogP contribution in [0.5, 0.6) is 0 Å². The first-order valence-corrected chi connectivity index (χ1v) is 5.46. The molecule has 0 bridgehead atoms. The van der Waals surface area contributed by atoms with Gasteiger partial charge in [0.1, 0.15) is 0 Å². The van der Waals surface area contributed by atoms with E-state index >= 15 is 0 Å². The number of halogens is 1. The van der Waals surface area contributed by atoms with Crippen molar-refractivity contribution < 1.29 is 5.11 Å². The van der Waals surface area contributed by atoms with Gasteiger partial charge in [-0.05, 0) is 17.7 Å². The number of aromatic nitrogens is 2. The van der Waals surface area contributed by atoms with Gasteiger partial charge in [0.2, 0.25) is 0 Å². The Kier molecular flexibility index (Phi) is 3.18.